The van der Waals surface area contributed by atoms with Crippen LogP contribution in [0.15, 0.2) is 18.2 Å². The van der Waals surface area contributed by atoms with Gasteiger partial charge in [-0.05, 0) is 23.6 Å². The van der Waals surface area contributed by atoms with Crippen LogP contribution in [0, 0.1) is 5.41 Å². The average Bonchev–Trinajstić information content (AvgIpc) is 2.30. The Morgan fingerprint density at radius 2 is 1.85 bits per heavy atom. The van der Waals surface area contributed by atoms with Crippen LogP contribution in [0.2, 0.25) is 10.0 Å². The normalized spacial score (nSPS) is 12.8. The first-order valence-electron chi connectivity index (χ1n) is 6.09. The van der Waals surface area contributed by atoms with Gasteiger partial charge in [-0.25, -0.2) is 0 Å². The summed E-state index contributed by atoms with van der Waals surface area (Å²) in [6.07, 6.45) is -0.142. The maximum Gasteiger partial charge on any atom is 0.305 e. The van der Waals surface area contributed by atoms with Crippen molar-refractivity contribution in [2.75, 3.05) is 0 Å². The highest BCUT2D eigenvalue weighted by atomic mass is 35.5. The van der Waals surface area contributed by atoms with E-state index >= 15 is 0 Å². The van der Waals surface area contributed by atoms with Gasteiger partial charge >= 0.3 is 5.97 Å². The molecule has 0 aliphatic carbocycles. The molecule has 0 bridgehead atoms. The van der Waals surface area contributed by atoms with Crippen molar-refractivity contribution < 1.29 is 14.7 Å². The quantitative estimate of drug-likeness (QED) is 0.891. The number of benzene rings is 1. The van der Waals surface area contributed by atoms with Gasteiger partial charge in [0.2, 0.25) is 0 Å². The van der Waals surface area contributed by atoms with Crippen LogP contribution >= 0.6 is 23.2 Å². The highest BCUT2D eigenvalue weighted by Crippen LogP contribution is 2.24. The van der Waals surface area contributed by atoms with Crippen molar-refractivity contribution in [1.82, 2.24) is 5.32 Å². The Balaban J connectivity index is 2.90. The van der Waals surface area contributed by atoms with E-state index in [9.17, 15) is 9.59 Å². The lowest BCUT2D eigenvalue weighted by Gasteiger charge is -2.30. The maximum atomic E-state index is 12.1. The minimum Gasteiger partial charge on any atom is -0.481 e. The Bertz CT molecular complexity index is 524. The van der Waals surface area contributed by atoms with Gasteiger partial charge in [0, 0.05) is 11.6 Å². The van der Waals surface area contributed by atoms with Gasteiger partial charge in [0.1, 0.15) is 0 Å². The van der Waals surface area contributed by atoms with E-state index in [-0.39, 0.29) is 22.8 Å². The van der Waals surface area contributed by atoms with Crippen LogP contribution in [0.25, 0.3) is 0 Å². The topological polar surface area (TPSA) is 66.4 Å². The van der Waals surface area contributed by atoms with Crippen molar-refractivity contribution in [3.8, 4) is 0 Å². The van der Waals surface area contributed by atoms with Gasteiger partial charge in [0.05, 0.1) is 16.5 Å². The van der Waals surface area contributed by atoms with E-state index < -0.39 is 12.0 Å². The minimum absolute atomic E-state index is 0.142. The van der Waals surface area contributed by atoms with Crippen LogP contribution in [0.1, 0.15) is 37.6 Å². The highest BCUT2D eigenvalue weighted by molar-refractivity contribution is 6.42. The van der Waals surface area contributed by atoms with Crippen LogP contribution in [0.4, 0.5) is 0 Å². The molecule has 0 spiro atoms. The van der Waals surface area contributed by atoms with Crippen molar-refractivity contribution in [3.05, 3.63) is 33.8 Å². The molecule has 0 heterocycles. The number of carbonyl (C=O) groups excluding carboxylic acids is 1. The number of aliphatic carboxylic acids is 1. The van der Waals surface area contributed by atoms with Crippen molar-refractivity contribution in [3.63, 3.8) is 0 Å². The number of halogens is 2. The molecule has 0 aliphatic heterocycles. The molecule has 1 amide bonds. The molecule has 0 radical (unpaired) electrons. The zero-order valence-corrected chi connectivity index (χ0v) is 13.0. The third kappa shape index (κ3) is 4.69. The first-order chi connectivity index (χ1) is 9.11. The summed E-state index contributed by atoms with van der Waals surface area (Å²) in [6.45, 7) is 5.61. The summed E-state index contributed by atoms with van der Waals surface area (Å²) in [5, 5.41) is 12.3. The zero-order valence-electron chi connectivity index (χ0n) is 11.5. The van der Waals surface area contributed by atoms with Gasteiger partial charge in [0.25, 0.3) is 5.91 Å². The fraction of sp³-hybridized carbons (Fsp3) is 0.429. The van der Waals surface area contributed by atoms with E-state index in [2.05, 4.69) is 5.32 Å². The Hall–Kier alpha value is -1.26. The first-order valence-corrected chi connectivity index (χ1v) is 6.84. The van der Waals surface area contributed by atoms with Crippen LogP contribution < -0.4 is 5.32 Å². The van der Waals surface area contributed by atoms with E-state index in [0.717, 1.165) is 0 Å². The van der Waals surface area contributed by atoms with Crippen molar-refractivity contribution in [2.45, 2.75) is 33.2 Å². The Kier molecular flexibility index (Phi) is 5.42. The number of nitrogens with one attached hydrogen (secondary N) is 1. The molecule has 0 saturated carbocycles. The number of amides is 1. The average molecular weight is 318 g/mol. The Labute approximate surface area is 128 Å². The van der Waals surface area contributed by atoms with E-state index in [1.54, 1.807) is 6.07 Å². The molecule has 0 saturated heterocycles. The molecule has 0 aliphatic rings. The molecule has 0 aromatic heterocycles. The fourth-order valence-corrected chi connectivity index (χ4v) is 1.93. The second-order valence-corrected chi connectivity index (χ2v) is 6.43. The summed E-state index contributed by atoms with van der Waals surface area (Å²) in [5.74, 6) is -1.33. The molecule has 1 aromatic carbocycles. The molecule has 1 rings (SSSR count). The number of hydrogen-bond acceptors (Lipinski definition) is 2. The summed E-state index contributed by atoms with van der Waals surface area (Å²) in [7, 11) is 0. The van der Waals surface area contributed by atoms with Gasteiger partial charge in [0.15, 0.2) is 0 Å². The second kappa shape index (κ2) is 6.46. The summed E-state index contributed by atoms with van der Waals surface area (Å²) in [4.78, 5) is 23.0. The van der Waals surface area contributed by atoms with E-state index in [0.29, 0.717) is 10.6 Å². The fourth-order valence-electron chi connectivity index (χ4n) is 1.63. The van der Waals surface area contributed by atoms with E-state index in [4.69, 9.17) is 28.3 Å². The number of hydrogen-bond donors (Lipinski definition) is 2. The number of carboxylic acids is 1. The van der Waals surface area contributed by atoms with Crippen LogP contribution in [-0.2, 0) is 4.79 Å². The Morgan fingerprint density at radius 1 is 1.25 bits per heavy atom. The number of carboxylic acid groups (broad SMARTS) is 1. The van der Waals surface area contributed by atoms with Crippen LogP contribution in [0.3, 0.4) is 0 Å². The summed E-state index contributed by atoms with van der Waals surface area (Å²) < 4.78 is 0. The molecule has 110 valence electrons. The standard InChI is InChI=1S/C14H17Cl2NO3/c1-14(2,3)11(7-12(18)19)17-13(20)8-4-5-9(15)10(16)6-8/h4-6,11H,7H2,1-3H3,(H,17,20)(H,18,19). The summed E-state index contributed by atoms with van der Waals surface area (Å²) in [6, 6.07) is 4.05. The second-order valence-electron chi connectivity index (χ2n) is 5.62. The molecular weight excluding hydrogens is 301 g/mol. The summed E-state index contributed by atoms with van der Waals surface area (Å²) >= 11 is 11.7. The van der Waals surface area contributed by atoms with Crippen molar-refractivity contribution in [2.24, 2.45) is 5.41 Å². The third-order valence-corrected chi connectivity index (χ3v) is 3.65. The predicted molar refractivity (Wildman–Crippen MR) is 79.4 cm³/mol. The van der Waals surface area contributed by atoms with Gasteiger partial charge in [-0.2, -0.15) is 0 Å². The molecule has 6 heteroatoms. The lowest BCUT2D eigenvalue weighted by molar-refractivity contribution is -0.138. The zero-order chi connectivity index (χ0) is 15.5. The van der Waals surface area contributed by atoms with Crippen molar-refractivity contribution >= 4 is 35.1 Å². The number of rotatable bonds is 4. The lowest BCUT2D eigenvalue weighted by atomic mass is 9.84. The first kappa shape index (κ1) is 16.8. The highest BCUT2D eigenvalue weighted by Gasteiger charge is 2.28. The molecule has 4 nitrogen and oxygen atoms in total. The molecular formula is C14H17Cl2NO3. The molecule has 1 aromatic rings. The third-order valence-electron chi connectivity index (χ3n) is 2.91. The van der Waals surface area contributed by atoms with Crippen molar-refractivity contribution in [1.29, 1.82) is 0 Å². The monoisotopic (exact) mass is 317 g/mol. The predicted octanol–water partition coefficient (Wildman–Crippen LogP) is 3.61. The van der Waals surface area contributed by atoms with E-state index in [1.807, 2.05) is 20.8 Å². The smallest absolute Gasteiger partial charge is 0.305 e. The lowest BCUT2D eigenvalue weighted by Crippen LogP contribution is -2.45. The molecule has 1 unspecified atom stereocenters. The molecule has 1 atom stereocenters. The molecule has 2 N–H and O–H groups in total. The van der Waals surface area contributed by atoms with Gasteiger partial charge < -0.3 is 10.4 Å². The van der Waals surface area contributed by atoms with Crippen LogP contribution in [-0.4, -0.2) is 23.0 Å². The minimum atomic E-state index is -0.959. The number of carbonyl (C=O) groups is 2. The van der Waals surface area contributed by atoms with Crippen LogP contribution in [0.5, 0.6) is 0 Å². The maximum absolute atomic E-state index is 12.1. The van der Waals surface area contributed by atoms with E-state index in [1.165, 1.54) is 12.1 Å². The Morgan fingerprint density at radius 3 is 2.30 bits per heavy atom. The largest absolute Gasteiger partial charge is 0.481 e. The van der Waals surface area contributed by atoms with Gasteiger partial charge in [-0.3, -0.25) is 9.59 Å². The summed E-state index contributed by atoms with van der Waals surface area (Å²) in [5.41, 5.74) is -0.0244. The molecule has 20 heavy (non-hydrogen) atoms. The van der Waals surface area contributed by atoms with Gasteiger partial charge in [-0.15, -0.1) is 0 Å². The molecule has 0 fully saturated rings. The SMILES string of the molecule is CC(C)(C)C(CC(=O)O)NC(=O)c1ccc(Cl)c(Cl)c1. The van der Waals surface area contributed by atoms with Gasteiger partial charge in [-0.1, -0.05) is 44.0 Å².